The topological polar surface area (TPSA) is 60.2 Å². The van der Waals surface area contributed by atoms with Crippen LogP contribution in [0.3, 0.4) is 0 Å². The standard InChI is InChI=1S/C16H19BrN4O2/c1-11(2)23-15-4-3-13(5-18-15)16(22)20-7-12(8-20)9-21-10-14(17)6-19-21/h3-6,10-12H,7-9H2,1-2H3. The number of likely N-dealkylation sites (tertiary alicyclic amines) is 1. The van der Waals surface area contributed by atoms with Gasteiger partial charge in [0.1, 0.15) is 0 Å². The molecule has 0 aromatic carbocycles. The number of aromatic nitrogens is 3. The lowest BCUT2D eigenvalue weighted by molar-refractivity contribution is 0.0461. The normalized spacial score (nSPS) is 14.9. The van der Waals surface area contributed by atoms with Crippen molar-refractivity contribution in [2.45, 2.75) is 26.5 Å². The van der Waals surface area contributed by atoms with Crippen molar-refractivity contribution in [1.29, 1.82) is 0 Å². The van der Waals surface area contributed by atoms with Gasteiger partial charge in [-0.15, -0.1) is 0 Å². The fourth-order valence-corrected chi connectivity index (χ4v) is 2.88. The van der Waals surface area contributed by atoms with Crippen LogP contribution < -0.4 is 4.74 Å². The molecule has 1 saturated heterocycles. The van der Waals surface area contributed by atoms with Crippen LogP contribution in [0.15, 0.2) is 35.2 Å². The lowest BCUT2D eigenvalue weighted by Crippen LogP contribution is -2.51. The first-order chi connectivity index (χ1) is 11.0. The molecule has 0 saturated carbocycles. The summed E-state index contributed by atoms with van der Waals surface area (Å²) in [5.41, 5.74) is 0.599. The number of halogens is 1. The maximum atomic E-state index is 12.4. The number of amides is 1. The number of ether oxygens (including phenoxy) is 1. The molecule has 0 unspecified atom stereocenters. The SMILES string of the molecule is CC(C)Oc1ccc(C(=O)N2CC(Cn3cc(Br)cn3)C2)cn1. The summed E-state index contributed by atoms with van der Waals surface area (Å²) in [5.74, 6) is 1.01. The Morgan fingerprint density at radius 3 is 2.74 bits per heavy atom. The molecule has 2 aromatic rings. The fourth-order valence-electron chi connectivity index (χ4n) is 2.55. The lowest BCUT2D eigenvalue weighted by atomic mass is 9.99. The van der Waals surface area contributed by atoms with E-state index in [9.17, 15) is 4.79 Å². The van der Waals surface area contributed by atoms with E-state index in [2.05, 4.69) is 26.0 Å². The number of nitrogens with zero attached hydrogens (tertiary/aromatic N) is 4. The molecule has 122 valence electrons. The lowest BCUT2D eigenvalue weighted by Gasteiger charge is -2.39. The summed E-state index contributed by atoms with van der Waals surface area (Å²) >= 11 is 3.38. The molecular weight excluding hydrogens is 360 g/mol. The quantitative estimate of drug-likeness (QED) is 0.802. The number of hydrogen-bond donors (Lipinski definition) is 0. The summed E-state index contributed by atoms with van der Waals surface area (Å²) in [7, 11) is 0. The molecule has 1 amide bonds. The van der Waals surface area contributed by atoms with Gasteiger partial charge in [-0.05, 0) is 35.8 Å². The van der Waals surface area contributed by atoms with Crippen molar-refractivity contribution >= 4 is 21.8 Å². The zero-order chi connectivity index (χ0) is 16.4. The first-order valence-electron chi connectivity index (χ1n) is 7.61. The largest absolute Gasteiger partial charge is 0.475 e. The molecule has 2 aromatic heterocycles. The number of hydrogen-bond acceptors (Lipinski definition) is 4. The van der Waals surface area contributed by atoms with Gasteiger partial charge in [0, 0.05) is 44.0 Å². The summed E-state index contributed by atoms with van der Waals surface area (Å²) in [6, 6.07) is 3.51. The second-order valence-electron chi connectivity index (χ2n) is 6.01. The minimum absolute atomic E-state index is 0.0199. The van der Waals surface area contributed by atoms with Crippen molar-refractivity contribution in [3.05, 3.63) is 40.8 Å². The predicted octanol–water partition coefficient (Wildman–Crippen LogP) is 2.60. The minimum Gasteiger partial charge on any atom is -0.475 e. The highest BCUT2D eigenvalue weighted by Crippen LogP contribution is 2.21. The van der Waals surface area contributed by atoms with E-state index in [4.69, 9.17) is 4.74 Å². The molecule has 3 heterocycles. The summed E-state index contributed by atoms with van der Waals surface area (Å²) in [4.78, 5) is 18.4. The van der Waals surface area contributed by atoms with Crippen LogP contribution in [0.2, 0.25) is 0 Å². The number of carbonyl (C=O) groups is 1. The molecule has 1 aliphatic rings. The van der Waals surface area contributed by atoms with Gasteiger partial charge in [-0.25, -0.2) is 4.98 Å². The molecule has 0 radical (unpaired) electrons. The third-order valence-corrected chi connectivity index (χ3v) is 4.04. The maximum absolute atomic E-state index is 12.4. The van der Waals surface area contributed by atoms with Gasteiger partial charge < -0.3 is 9.64 Å². The predicted molar refractivity (Wildman–Crippen MR) is 89.3 cm³/mol. The highest BCUT2D eigenvalue weighted by molar-refractivity contribution is 9.10. The molecule has 1 fully saturated rings. The van der Waals surface area contributed by atoms with Crippen molar-refractivity contribution in [3.63, 3.8) is 0 Å². The minimum atomic E-state index is 0.0199. The zero-order valence-corrected chi connectivity index (χ0v) is 14.7. The molecule has 3 rings (SSSR count). The Bertz CT molecular complexity index is 678. The van der Waals surface area contributed by atoms with Gasteiger partial charge in [0.05, 0.1) is 22.3 Å². The van der Waals surface area contributed by atoms with Crippen LogP contribution in [-0.2, 0) is 6.54 Å². The van der Waals surface area contributed by atoms with Gasteiger partial charge in [0.2, 0.25) is 5.88 Å². The maximum Gasteiger partial charge on any atom is 0.255 e. The average Bonchev–Trinajstić information content (AvgIpc) is 2.87. The van der Waals surface area contributed by atoms with Crippen LogP contribution in [0.4, 0.5) is 0 Å². The highest BCUT2D eigenvalue weighted by Gasteiger charge is 2.31. The van der Waals surface area contributed by atoms with E-state index >= 15 is 0 Å². The summed E-state index contributed by atoms with van der Waals surface area (Å²) < 4.78 is 8.36. The monoisotopic (exact) mass is 378 g/mol. The molecule has 23 heavy (non-hydrogen) atoms. The van der Waals surface area contributed by atoms with Gasteiger partial charge in [-0.3, -0.25) is 9.48 Å². The smallest absolute Gasteiger partial charge is 0.255 e. The van der Waals surface area contributed by atoms with Crippen LogP contribution in [-0.4, -0.2) is 44.8 Å². The van der Waals surface area contributed by atoms with Crippen molar-refractivity contribution in [2.75, 3.05) is 13.1 Å². The van der Waals surface area contributed by atoms with E-state index in [1.54, 1.807) is 24.5 Å². The second kappa shape index (κ2) is 6.70. The van der Waals surface area contributed by atoms with Crippen LogP contribution in [0.25, 0.3) is 0 Å². The van der Waals surface area contributed by atoms with Crippen LogP contribution in [0, 0.1) is 5.92 Å². The van der Waals surface area contributed by atoms with E-state index in [-0.39, 0.29) is 12.0 Å². The molecule has 0 spiro atoms. The van der Waals surface area contributed by atoms with Gasteiger partial charge >= 0.3 is 0 Å². The van der Waals surface area contributed by atoms with E-state index in [1.807, 2.05) is 29.6 Å². The first-order valence-corrected chi connectivity index (χ1v) is 8.40. The second-order valence-corrected chi connectivity index (χ2v) is 6.92. The molecule has 0 aliphatic carbocycles. The van der Waals surface area contributed by atoms with Crippen LogP contribution >= 0.6 is 15.9 Å². The third kappa shape index (κ3) is 3.90. The fraction of sp³-hybridized carbons (Fsp3) is 0.438. The van der Waals surface area contributed by atoms with E-state index in [0.29, 0.717) is 17.4 Å². The Kier molecular flexibility index (Phi) is 4.66. The van der Waals surface area contributed by atoms with Crippen LogP contribution in [0.1, 0.15) is 24.2 Å². The van der Waals surface area contributed by atoms with Gasteiger partial charge in [0.15, 0.2) is 0 Å². The highest BCUT2D eigenvalue weighted by atomic mass is 79.9. The molecule has 6 nitrogen and oxygen atoms in total. The number of carbonyl (C=O) groups excluding carboxylic acids is 1. The van der Waals surface area contributed by atoms with Crippen molar-refractivity contribution in [2.24, 2.45) is 5.92 Å². The van der Waals surface area contributed by atoms with Gasteiger partial charge in [-0.2, -0.15) is 5.10 Å². The Labute approximate surface area is 143 Å². The van der Waals surface area contributed by atoms with Crippen molar-refractivity contribution in [1.82, 2.24) is 19.7 Å². The zero-order valence-electron chi connectivity index (χ0n) is 13.1. The Hall–Kier alpha value is -1.89. The molecule has 0 bridgehead atoms. The van der Waals surface area contributed by atoms with Crippen LogP contribution in [0.5, 0.6) is 5.88 Å². The molecule has 1 aliphatic heterocycles. The molecule has 0 atom stereocenters. The number of rotatable bonds is 5. The third-order valence-electron chi connectivity index (χ3n) is 3.63. The molecular formula is C16H19BrN4O2. The van der Waals surface area contributed by atoms with E-state index < -0.39 is 0 Å². The Morgan fingerprint density at radius 2 is 2.17 bits per heavy atom. The summed E-state index contributed by atoms with van der Waals surface area (Å²) in [5, 5.41) is 4.24. The van der Waals surface area contributed by atoms with Gasteiger partial charge in [0.25, 0.3) is 5.91 Å². The average molecular weight is 379 g/mol. The Morgan fingerprint density at radius 1 is 1.39 bits per heavy atom. The summed E-state index contributed by atoms with van der Waals surface area (Å²) in [6.45, 7) is 6.22. The van der Waals surface area contributed by atoms with Crippen molar-refractivity contribution < 1.29 is 9.53 Å². The van der Waals surface area contributed by atoms with E-state index in [1.165, 1.54) is 0 Å². The van der Waals surface area contributed by atoms with Crippen molar-refractivity contribution in [3.8, 4) is 5.88 Å². The number of pyridine rings is 1. The van der Waals surface area contributed by atoms with Gasteiger partial charge in [-0.1, -0.05) is 0 Å². The molecule has 7 heteroatoms. The first kappa shape index (κ1) is 16.0. The molecule has 0 N–H and O–H groups in total. The van der Waals surface area contributed by atoms with E-state index in [0.717, 1.165) is 24.1 Å². The Balaban J connectivity index is 1.52. The summed E-state index contributed by atoms with van der Waals surface area (Å²) in [6.07, 6.45) is 5.37.